The Morgan fingerprint density at radius 2 is 1.68 bits per heavy atom. The SMILES string of the molecule is COc1ccc(CN(C)c2nc(Nc3ccc(P(C)(C)=O)cc3)ncc2C(F)(F)F)cc1OC. The highest BCUT2D eigenvalue weighted by atomic mass is 31.2. The molecule has 1 heterocycles. The molecule has 1 aromatic heterocycles. The van der Waals surface area contributed by atoms with Crippen molar-refractivity contribution in [2.45, 2.75) is 12.7 Å². The van der Waals surface area contributed by atoms with Gasteiger partial charge in [-0.05, 0) is 55.3 Å². The molecule has 0 fully saturated rings. The van der Waals surface area contributed by atoms with Gasteiger partial charge < -0.3 is 24.3 Å². The minimum Gasteiger partial charge on any atom is -0.493 e. The molecule has 3 rings (SSSR count). The molecule has 0 aliphatic carbocycles. The van der Waals surface area contributed by atoms with Gasteiger partial charge >= 0.3 is 6.18 Å². The molecule has 0 radical (unpaired) electrons. The van der Waals surface area contributed by atoms with Crippen LogP contribution < -0.4 is 25.0 Å². The fourth-order valence-corrected chi connectivity index (χ4v) is 4.15. The summed E-state index contributed by atoms with van der Waals surface area (Å²) in [6.45, 7) is 3.46. The third kappa shape index (κ3) is 5.99. The van der Waals surface area contributed by atoms with Crippen LogP contribution in [-0.2, 0) is 17.3 Å². The predicted octanol–water partition coefficient (Wildman–Crippen LogP) is 5.14. The lowest BCUT2D eigenvalue weighted by molar-refractivity contribution is -0.137. The summed E-state index contributed by atoms with van der Waals surface area (Å²) in [6.07, 6.45) is -3.87. The highest BCUT2D eigenvalue weighted by molar-refractivity contribution is 7.70. The topological polar surface area (TPSA) is 76.6 Å². The largest absolute Gasteiger partial charge is 0.493 e. The van der Waals surface area contributed by atoms with Crippen LogP contribution in [0.4, 0.5) is 30.6 Å². The van der Waals surface area contributed by atoms with Crippen molar-refractivity contribution in [3.05, 3.63) is 59.8 Å². The molecule has 0 aliphatic heterocycles. The summed E-state index contributed by atoms with van der Waals surface area (Å²) in [5.41, 5.74) is 0.320. The van der Waals surface area contributed by atoms with E-state index in [4.69, 9.17) is 9.47 Å². The molecule has 0 saturated carbocycles. The van der Waals surface area contributed by atoms with E-state index in [0.717, 1.165) is 6.20 Å². The summed E-state index contributed by atoms with van der Waals surface area (Å²) in [7, 11) is 2.10. The maximum absolute atomic E-state index is 13.7. The van der Waals surface area contributed by atoms with E-state index in [9.17, 15) is 17.7 Å². The summed E-state index contributed by atoms with van der Waals surface area (Å²) in [5.74, 6) is 0.725. The molecule has 11 heteroatoms. The smallest absolute Gasteiger partial charge is 0.421 e. The van der Waals surface area contributed by atoms with E-state index in [2.05, 4.69) is 15.3 Å². The highest BCUT2D eigenvalue weighted by Crippen LogP contribution is 2.37. The van der Waals surface area contributed by atoms with Gasteiger partial charge in [0.05, 0.1) is 14.2 Å². The highest BCUT2D eigenvalue weighted by Gasteiger charge is 2.36. The number of rotatable bonds is 8. The van der Waals surface area contributed by atoms with Crippen LogP contribution in [0.1, 0.15) is 11.1 Å². The van der Waals surface area contributed by atoms with E-state index in [0.29, 0.717) is 28.1 Å². The number of hydrogen-bond donors (Lipinski definition) is 1. The van der Waals surface area contributed by atoms with E-state index in [-0.39, 0.29) is 18.3 Å². The minimum absolute atomic E-state index is 0.00564. The van der Waals surface area contributed by atoms with E-state index in [1.165, 1.54) is 26.2 Å². The van der Waals surface area contributed by atoms with Gasteiger partial charge in [0, 0.05) is 30.8 Å². The molecule has 2 aromatic carbocycles. The van der Waals surface area contributed by atoms with Crippen LogP contribution in [0.5, 0.6) is 11.5 Å². The van der Waals surface area contributed by atoms with Gasteiger partial charge in [-0.2, -0.15) is 18.2 Å². The maximum Gasteiger partial charge on any atom is 0.421 e. The Bertz CT molecular complexity index is 1200. The summed E-state index contributed by atoms with van der Waals surface area (Å²) < 4.78 is 63.8. The summed E-state index contributed by atoms with van der Waals surface area (Å²) in [5, 5.41) is 3.61. The summed E-state index contributed by atoms with van der Waals surface area (Å²) in [4.78, 5) is 9.40. The van der Waals surface area contributed by atoms with Crippen molar-refractivity contribution in [2.24, 2.45) is 0 Å². The zero-order valence-corrected chi connectivity index (χ0v) is 20.4. The minimum atomic E-state index is -4.63. The Balaban J connectivity index is 1.90. The lowest BCUT2D eigenvalue weighted by atomic mass is 10.2. The maximum atomic E-state index is 13.7. The van der Waals surface area contributed by atoms with Gasteiger partial charge in [0.2, 0.25) is 5.95 Å². The summed E-state index contributed by atoms with van der Waals surface area (Å²) >= 11 is 0. The van der Waals surface area contributed by atoms with E-state index >= 15 is 0 Å². The Kier molecular flexibility index (Phi) is 7.41. The van der Waals surface area contributed by atoms with Crippen molar-refractivity contribution in [3.63, 3.8) is 0 Å². The summed E-state index contributed by atoms with van der Waals surface area (Å²) in [6, 6.07) is 11.9. The Hall–Kier alpha value is -3.26. The molecule has 0 aliphatic rings. The first-order valence-electron chi connectivity index (χ1n) is 10.2. The second-order valence-electron chi connectivity index (χ2n) is 8.00. The molecule has 0 atom stereocenters. The van der Waals surface area contributed by atoms with Gasteiger partial charge in [0.25, 0.3) is 0 Å². The lowest BCUT2D eigenvalue weighted by Gasteiger charge is -2.23. The monoisotopic (exact) mass is 494 g/mol. The number of alkyl halides is 3. The molecule has 1 N–H and O–H groups in total. The fourth-order valence-electron chi connectivity index (χ4n) is 3.28. The Labute approximate surface area is 196 Å². The quantitative estimate of drug-likeness (QED) is 0.435. The molecular formula is C23H26F3N4O3P. The lowest BCUT2D eigenvalue weighted by Crippen LogP contribution is -2.23. The van der Waals surface area contributed by atoms with Crippen molar-refractivity contribution in [1.29, 1.82) is 0 Å². The van der Waals surface area contributed by atoms with Gasteiger partial charge in [-0.1, -0.05) is 6.07 Å². The Morgan fingerprint density at radius 3 is 2.24 bits per heavy atom. The number of hydrogen-bond acceptors (Lipinski definition) is 7. The second-order valence-corrected chi connectivity index (χ2v) is 11.2. The van der Waals surface area contributed by atoms with Gasteiger partial charge in [-0.25, -0.2) is 4.98 Å². The normalized spacial score (nSPS) is 11.8. The molecule has 0 amide bonds. The van der Waals surface area contributed by atoms with Crippen molar-refractivity contribution < 1.29 is 27.2 Å². The molecule has 0 bridgehead atoms. The molecule has 182 valence electrons. The van der Waals surface area contributed by atoms with Gasteiger partial charge in [-0.3, -0.25) is 0 Å². The zero-order valence-electron chi connectivity index (χ0n) is 19.5. The second kappa shape index (κ2) is 9.93. The van der Waals surface area contributed by atoms with Crippen molar-refractivity contribution in [1.82, 2.24) is 9.97 Å². The van der Waals surface area contributed by atoms with Crippen molar-refractivity contribution >= 4 is 29.9 Å². The molecule has 3 aromatic rings. The van der Waals surface area contributed by atoms with Crippen molar-refractivity contribution in [2.75, 3.05) is 44.8 Å². The first-order valence-corrected chi connectivity index (χ1v) is 12.8. The number of aromatic nitrogens is 2. The number of ether oxygens (including phenoxy) is 2. The average molecular weight is 494 g/mol. The zero-order chi connectivity index (χ0) is 25.1. The molecule has 34 heavy (non-hydrogen) atoms. The van der Waals surface area contributed by atoms with E-state index < -0.39 is 18.9 Å². The van der Waals surface area contributed by atoms with Crippen molar-refractivity contribution in [3.8, 4) is 11.5 Å². The van der Waals surface area contributed by atoms with Gasteiger partial charge in [0.1, 0.15) is 18.5 Å². The third-order valence-electron chi connectivity index (χ3n) is 5.05. The van der Waals surface area contributed by atoms with Crippen LogP contribution >= 0.6 is 7.14 Å². The number of halogens is 3. The van der Waals surface area contributed by atoms with E-state index in [1.807, 2.05) is 0 Å². The predicted molar refractivity (Wildman–Crippen MR) is 128 cm³/mol. The van der Waals surface area contributed by atoms with Gasteiger partial charge in [0.15, 0.2) is 11.5 Å². The van der Waals surface area contributed by atoms with Crippen LogP contribution in [-0.4, -0.2) is 44.6 Å². The Morgan fingerprint density at radius 1 is 1.03 bits per heavy atom. The molecule has 0 saturated heterocycles. The third-order valence-corrected chi connectivity index (χ3v) is 6.59. The molecule has 0 spiro atoms. The molecule has 0 unspecified atom stereocenters. The number of methoxy groups -OCH3 is 2. The first kappa shape index (κ1) is 25.4. The van der Waals surface area contributed by atoms with Crippen LogP contribution in [0.25, 0.3) is 0 Å². The first-order chi connectivity index (χ1) is 15.9. The molecular weight excluding hydrogens is 468 g/mol. The van der Waals surface area contributed by atoms with Crippen LogP contribution in [0, 0.1) is 0 Å². The number of benzene rings is 2. The number of nitrogens with zero attached hydrogens (tertiary/aromatic N) is 3. The number of anilines is 3. The van der Waals surface area contributed by atoms with Crippen LogP contribution in [0.15, 0.2) is 48.7 Å². The number of nitrogens with one attached hydrogen (secondary N) is 1. The van der Waals surface area contributed by atoms with Crippen LogP contribution in [0.3, 0.4) is 0 Å². The van der Waals surface area contributed by atoms with Gasteiger partial charge in [-0.15, -0.1) is 0 Å². The average Bonchev–Trinajstić information content (AvgIpc) is 2.78. The van der Waals surface area contributed by atoms with Crippen LogP contribution in [0.2, 0.25) is 0 Å². The fraction of sp³-hybridized carbons (Fsp3) is 0.304. The van der Waals surface area contributed by atoms with E-state index in [1.54, 1.807) is 55.8 Å². The standard InChI is InChI=1S/C23H26F3N4O3P/c1-30(14-15-6-11-19(32-2)20(12-15)33-3)21-18(23(24,25)26)13-27-22(29-21)28-16-7-9-17(10-8-16)34(4,5)31/h6-13H,14H2,1-5H3,(H,27,28,29). The molecule has 7 nitrogen and oxygen atoms in total.